The lowest BCUT2D eigenvalue weighted by Crippen LogP contribution is -2.32. The molecule has 7 heteroatoms. The molecule has 1 aromatic rings. The number of nitrogens with zero attached hydrogens (tertiary/aromatic N) is 1. The van der Waals surface area contributed by atoms with Crippen LogP contribution >= 0.6 is 46.6 Å². The summed E-state index contributed by atoms with van der Waals surface area (Å²) in [6, 6.07) is 7.64. The van der Waals surface area contributed by atoms with E-state index in [4.69, 9.17) is 12.2 Å². The van der Waals surface area contributed by atoms with Gasteiger partial charge in [0.05, 0.1) is 5.25 Å². The van der Waals surface area contributed by atoms with E-state index < -0.39 is 0 Å². The van der Waals surface area contributed by atoms with Gasteiger partial charge in [-0.25, -0.2) is 0 Å². The summed E-state index contributed by atoms with van der Waals surface area (Å²) in [6.45, 7) is 2.50. The van der Waals surface area contributed by atoms with Gasteiger partial charge in [-0.05, 0) is 59.7 Å². The molecule has 0 bridgehead atoms. The lowest BCUT2D eigenvalue weighted by molar-refractivity contribution is -0.126. The van der Waals surface area contributed by atoms with Crippen LogP contribution in [0, 0.1) is 3.57 Å². The van der Waals surface area contributed by atoms with Crippen molar-refractivity contribution in [2.24, 2.45) is 0 Å². The fourth-order valence-corrected chi connectivity index (χ4v) is 3.95. The lowest BCUT2D eigenvalue weighted by Gasteiger charge is -2.15. The van der Waals surface area contributed by atoms with Crippen molar-refractivity contribution in [3.8, 4) is 0 Å². The Bertz CT molecular complexity index is 577. The molecule has 1 aliphatic rings. The summed E-state index contributed by atoms with van der Waals surface area (Å²) >= 11 is 8.89. The summed E-state index contributed by atoms with van der Waals surface area (Å²) < 4.78 is 1.76. The maximum atomic E-state index is 12.1. The molecule has 2 amide bonds. The van der Waals surface area contributed by atoms with Crippen molar-refractivity contribution in [3.63, 3.8) is 0 Å². The standard InChI is InChI=1S/C15H17IN2O2S2/c1-2-12-14(20)18(15(21)22-12)9-3-4-13(19)17-11-7-5-10(16)6-8-11/h5-8,12H,2-4,9H2,1H3,(H,17,19). The first kappa shape index (κ1) is 17.7. The first-order valence-corrected chi connectivity index (χ1v) is 9.45. The van der Waals surface area contributed by atoms with Crippen LogP contribution in [0.2, 0.25) is 0 Å². The third-order valence-corrected chi connectivity index (χ3v) is 5.76. The molecule has 4 nitrogen and oxygen atoms in total. The minimum absolute atomic E-state index is 0.0431. The molecule has 0 aliphatic carbocycles. The van der Waals surface area contributed by atoms with E-state index in [0.29, 0.717) is 23.7 Å². The fraction of sp³-hybridized carbons (Fsp3) is 0.400. The summed E-state index contributed by atoms with van der Waals surface area (Å²) in [7, 11) is 0. The predicted molar refractivity (Wildman–Crippen MR) is 103 cm³/mol. The zero-order valence-corrected chi connectivity index (χ0v) is 16.0. The molecule has 1 unspecified atom stereocenters. The minimum atomic E-state index is -0.0480. The van der Waals surface area contributed by atoms with Gasteiger partial charge in [-0.15, -0.1) is 0 Å². The average Bonchev–Trinajstić information content (AvgIpc) is 2.77. The normalized spacial score (nSPS) is 17.9. The summed E-state index contributed by atoms with van der Waals surface area (Å²) in [5, 5.41) is 2.81. The Morgan fingerprint density at radius 3 is 2.68 bits per heavy atom. The summed E-state index contributed by atoms with van der Waals surface area (Å²) in [5.74, 6) is 0.0361. The highest BCUT2D eigenvalue weighted by atomic mass is 127. The summed E-state index contributed by atoms with van der Waals surface area (Å²) in [4.78, 5) is 25.6. The maximum absolute atomic E-state index is 12.1. The topological polar surface area (TPSA) is 49.4 Å². The number of thiocarbonyl (C=S) groups is 1. The van der Waals surface area contributed by atoms with Gasteiger partial charge in [0.15, 0.2) is 0 Å². The van der Waals surface area contributed by atoms with Gasteiger partial charge >= 0.3 is 0 Å². The second kappa shape index (κ2) is 8.26. The molecule has 1 aromatic carbocycles. The quantitative estimate of drug-likeness (QED) is 0.534. The van der Waals surface area contributed by atoms with E-state index in [9.17, 15) is 9.59 Å². The van der Waals surface area contributed by atoms with Crippen molar-refractivity contribution in [3.05, 3.63) is 27.8 Å². The molecule has 1 saturated heterocycles. The molecular weight excluding hydrogens is 431 g/mol. The van der Waals surface area contributed by atoms with Crippen molar-refractivity contribution in [1.29, 1.82) is 0 Å². The molecular formula is C15H17IN2O2S2. The van der Waals surface area contributed by atoms with Crippen LogP contribution in [-0.2, 0) is 9.59 Å². The first-order chi connectivity index (χ1) is 10.5. The van der Waals surface area contributed by atoms with E-state index in [0.717, 1.165) is 15.7 Å². The maximum Gasteiger partial charge on any atom is 0.241 e. The minimum Gasteiger partial charge on any atom is -0.326 e. The van der Waals surface area contributed by atoms with Gasteiger partial charge in [-0.2, -0.15) is 0 Å². The van der Waals surface area contributed by atoms with Gasteiger partial charge in [-0.1, -0.05) is 30.9 Å². The molecule has 0 radical (unpaired) electrons. The highest BCUT2D eigenvalue weighted by Gasteiger charge is 2.35. The molecule has 1 aliphatic heterocycles. The number of hydrogen-bond acceptors (Lipinski definition) is 4. The molecule has 22 heavy (non-hydrogen) atoms. The van der Waals surface area contributed by atoms with Gasteiger partial charge in [0.2, 0.25) is 11.8 Å². The highest BCUT2D eigenvalue weighted by molar-refractivity contribution is 14.1. The van der Waals surface area contributed by atoms with Gasteiger partial charge in [0.25, 0.3) is 0 Å². The smallest absolute Gasteiger partial charge is 0.241 e. The average molecular weight is 448 g/mol. The van der Waals surface area contributed by atoms with Gasteiger partial charge in [-0.3, -0.25) is 14.5 Å². The molecule has 118 valence electrons. The number of amides is 2. The Kier molecular flexibility index (Phi) is 6.64. The van der Waals surface area contributed by atoms with Crippen LogP contribution in [0.4, 0.5) is 5.69 Å². The van der Waals surface area contributed by atoms with E-state index in [1.54, 1.807) is 4.90 Å². The van der Waals surface area contributed by atoms with Crippen molar-refractivity contribution < 1.29 is 9.59 Å². The molecule has 1 fully saturated rings. The van der Waals surface area contributed by atoms with E-state index in [2.05, 4.69) is 27.9 Å². The molecule has 2 rings (SSSR count). The fourth-order valence-electron chi connectivity index (χ4n) is 2.11. The van der Waals surface area contributed by atoms with E-state index in [1.807, 2.05) is 31.2 Å². The lowest BCUT2D eigenvalue weighted by atomic mass is 10.2. The Balaban J connectivity index is 1.76. The number of thioether (sulfide) groups is 1. The van der Waals surface area contributed by atoms with E-state index >= 15 is 0 Å². The van der Waals surface area contributed by atoms with Crippen molar-refractivity contribution >= 4 is 68.4 Å². The number of hydrogen-bond donors (Lipinski definition) is 1. The van der Waals surface area contributed by atoms with Crippen molar-refractivity contribution in [1.82, 2.24) is 4.90 Å². The van der Waals surface area contributed by atoms with Crippen LogP contribution in [-0.4, -0.2) is 32.8 Å². The third-order valence-electron chi connectivity index (χ3n) is 3.29. The zero-order valence-electron chi connectivity index (χ0n) is 12.2. The number of rotatable bonds is 6. The third kappa shape index (κ3) is 4.66. The number of benzene rings is 1. The van der Waals surface area contributed by atoms with Crippen LogP contribution in [0.15, 0.2) is 24.3 Å². The zero-order chi connectivity index (χ0) is 16.1. The molecule has 1 N–H and O–H groups in total. The number of carbonyl (C=O) groups excluding carboxylic acids is 2. The second-order valence-electron chi connectivity index (χ2n) is 4.93. The Hall–Kier alpha value is -0.670. The Morgan fingerprint density at radius 2 is 2.09 bits per heavy atom. The summed E-state index contributed by atoms with van der Waals surface area (Å²) in [5.41, 5.74) is 0.791. The largest absolute Gasteiger partial charge is 0.326 e. The van der Waals surface area contributed by atoms with Crippen molar-refractivity contribution in [2.75, 3.05) is 11.9 Å². The molecule has 0 aromatic heterocycles. The Morgan fingerprint density at radius 1 is 1.41 bits per heavy atom. The summed E-state index contributed by atoms with van der Waals surface area (Å²) in [6.07, 6.45) is 1.77. The predicted octanol–water partition coefficient (Wildman–Crippen LogP) is 3.65. The second-order valence-corrected chi connectivity index (χ2v) is 8.01. The van der Waals surface area contributed by atoms with Gasteiger partial charge < -0.3 is 5.32 Å². The van der Waals surface area contributed by atoms with Crippen LogP contribution in [0.3, 0.4) is 0 Å². The van der Waals surface area contributed by atoms with Crippen LogP contribution < -0.4 is 5.32 Å². The van der Waals surface area contributed by atoms with Crippen molar-refractivity contribution in [2.45, 2.75) is 31.4 Å². The van der Waals surface area contributed by atoms with Crippen LogP contribution in [0.5, 0.6) is 0 Å². The van der Waals surface area contributed by atoms with Crippen LogP contribution in [0.25, 0.3) is 0 Å². The SMILES string of the molecule is CCC1SC(=S)N(CCCC(=O)Nc2ccc(I)cc2)C1=O. The number of nitrogens with one attached hydrogen (secondary N) is 1. The molecule has 0 spiro atoms. The molecule has 1 heterocycles. The number of anilines is 1. The Labute approximate surface area is 153 Å². The van der Waals surface area contributed by atoms with E-state index in [-0.39, 0.29) is 17.1 Å². The first-order valence-electron chi connectivity index (χ1n) is 7.08. The highest BCUT2D eigenvalue weighted by Crippen LogP contribution is 2.29. The number of halogens is 1. The molecule has 1 atom stereocenters. The van der Waals surface area contributed by atoms with E-state index in [1.165, 1.54) is 11.8 Å². The van der Waals surface area contributed by atoms with Gasteiger partial charge in [0, 0.05) is 22.2 Å². The molecule has 0 saturated carbocycles. The van der Waals surface area contributed by atoms with Gasteiger partial charge in [0.1, 0.15) is 4.32 Å². The van der Waals surface area contributed by atoms with Crippen LogP contribution in [0.1, 0.15) is 26.2 Å². The monoisotopic (exact) mass is 448 g/mol. The number of carbonyl (C=O) groups is 2.